The first kappa shape index (κ1) is 16.4. The average molecular weight is 346 g/mol. The van der Waals surface area contributed by atoms with Crippen LogP contribution in [0.3, 0.4) is 0 Å². The second-order valence-corrected chi connectivity index (χ2v) is 6.55. The summed E-state index contributed by atoms with van der Waals surface area (Å²) < 4.78 is 5.07. The minimum absolute atomic E-state index is 0.0903. The number of fused-ring (bicyclic) bond motifs is 1. The molecule has 1 aromatic heterocycles. The van der Waals surface area contributed by atoms with Gasteiger partial charge in [-0.2, -0.15) is 4.37 Å². The number of likely N-dealkylation sites (N-methyl/N-ethyl adjacent to an activating group) is 1. The van der Waals surface area contributed by atoms with Gasteiger partial charge in [0.2, 0.25) is 11.8 Å². The molecule has 1 atom stereocenters. The third-order valence-electron chi connectivity index (χ3n) is 4.05. The minimum Gasteiger partial charge on any atom is -0.350 e. The van der Waals surface area contributed by atoms with E-state index in [0.717, 1.165) is 10.1 Å². The van der Waals surface area contributed by atoms with Crippen LogP contribution in [0, 0.1) is 0 Å². The predicted octanol–water partition coefficient (Wildman–Crippen LogP) is 0.763. The molecule has 1 aromatic carbocycles. The fourth-order valence-electron chi connectivity index (χ4n) is 2.70. The first-order valence-electron chi connectivity index (χ1n) is 7.72. The molecule has 0 radical (unpaired) electrons. The van der Waals surface area contributed by atoms with E-state index < -0.39 is 6.04 Å². The summed E-state index contributed by atoms with van der Waals surface area (Å²) in [6.07, 6.45) is 2.61. The number of rotatable bonds is 5. The summed E-state index contributed by atoms with van der Waals surface area (Å²) in [5, 5.41) is 6.31. The van der Waals surface area contributed by atoms with Gasteiger partial charge in [0.05, 0.1) is 4.70 Å². The zero-order valence-corrected chi connectivity index (χ0v) is 14.1. The molecule has 0 saturated carbocycles. The summed E-state index contributed by atoms with van der Waals surface area (Å²) in [6, 6.07) is 5.07. The smallest absolute Gasteiger partial charge is 0.252 e. The summed E-state index contributed by atoms with van der Waals surface area (Å²) >= 11 is 1.35. The third kappa shape index (κ3) is 3.38. The first-order chi connectivity index (χ1) is 11.6. The van der Waals surface area contributed by atoms with E-state index in [1.165, 1.54) is 16.4 Å². The van der Waals surface area contributed by atoms with Crippen molar-refractivity contribution in [1.29, 1.82) is 0 Å². The van der Waals surface area contributed by atoms with E-state index in [1.54, 1.807) is 19.3 Å². The molecule has 0 aliphatic carbocycles. The maximum atomic E-state index is 12.3. The Bertz CT molecular complexity index is 788. The SMILES string of the molecule is CN(CCNC(=O)c1cccc2sncc12)C(=O)[C@@H]1CCC(=O)N1. The number of hydrogen-bond donors (Lipinski definition) is 2. The summed E-state index contributed by atoms with van der Waals surface area (Å²) in [4.78, 5) is 37.2. The van der Waals surface area contributed by atoms with Gasteiger partial charge in [0.25, 0.3) is 5.91 Å². The molecule has 3 rings (SSSR count). The molecule has 1 fully saturated rings. The third-order valence-corrected chi connectivity index (χ3v) is 4.81. The van der Waals surface area contributed by atoms with Crippen LogP contribution in [0.25, 0.3) is 10.1 Å². The van der Waals surface area contributed by atoms with E-state index in [4.69, 9.17) is 0 Å². The number of carbonyl (C=O) groups excluding carboxylic acids is 3. The Balaban J connectivity index is 1.52. The Morgan fingerprint density at radius 3 is 3.04 bits per heavy atom. The highest BCUT2D eigenvalue weighted by atomic mass is 32.1. The Morgan fingerprint density at radius 1 is 1.46 bits per heavy atom. The molecular weight excluding hydrogens is 328 g/mol. The van der Waals surface area contributed by atoms with Crippen molar-refractivity contribution in [2.24, 2.45) is 0 Å². The summed E-state index contributed by atoms with van der Waals surface area (Å²) in [7, 11) is 1.67. The fraction of sp³-hybridized carbons (Fsp3) is 0.375. The van der Waals surface area contributed by atoms with Crippen LogP contribution >= 0.6 is 11.5 Å². The topological polar surface area (TPSA) is 91.4 Å². The van der Waals surface area contributed by atoms with Crippen LogP contribution in [-0.2, 0) is 9.59 Å². The van der Waals surface area contributed by atoms with E-state index in [9.17, 15) is 14.4 Å². The van der Waals surface area contributed by atoms with Crippen molar-refractivity contribution in [2.45, 2.75) is 18.9 Å². The lowest BCUT2D eigenvalue weighted by molar-refractivity contribution is -0.133. The Morgan fingerprint density at radius 2 is 2.29 bits per heavy atom. The van der Waals surface area contributed by atoms with Gasteiger partial charge in [0, 0.05) is 43.7 Å². The van der Waals surface area contributed by atoms with Crippen molar-refractivity contribution in [3.05, 3.63) is 30.0 Å². The molecule has 8 heteroatoms. The van der Waals surface area contributed by atoms with Gasteiger partial charge < -0.3 is 15.5 Å². The molecule has 0 spiro atoms. The van der Waals surface area contributed by atoms with E-state index in [2.05, 4.69) is 15.0 Å². The second kappa shape index (κ2) is 6.96. The molecule has 2 N–H and O–H groups in total. The van der Waals surface area contributed by atoms with Crippen LogP contribution in [0.5, 0.6) is 0 Å². The molecule has 0 bridgehead atoms. The van der Waals surface area contributed by atoms with Crippen LogP contribution in [0.4, 0.5) is 0 Å². The van der Waals surface area contributed by atoms with Crippen molar-refractivity contribution in [1.82, 2.24) is 19.9 Å². The molecule has 24 heavy (non-hydrogen) atoms. The molecule has 3 amide bonds. The van der Waals surface area contributed by atoms with Gasteiger partial charge in [0.15, 0.2) is 0 Å². The van der Waals surface area contributed by atoms with Crippen LogP contribution in [0.2, 0.25) is 0 Å². The molecule has 126 valence electrons. The highest BCUT2D eigenvalue weighted by Crippen LogP contribution is 2.21. The van der Waals surface area contributed by atoms with Crippen LogP contribution in [0.1, 0.15) is 23.2 Å². The molecule has 1 saturated heterocycles. The lowest BCUT2D eigenvalue weighted by atomic mass is 10.1. The molecule has 7 nitrogen and oxygen atoms in total. The van der Waals surface area contributed by atoms with E-state index in [1.807, 2.05) is 12.1 Å². The number of nitrogens with one attached hydrogen (secondary N) is 2. The van der Waals surface area contributed by atoms with Crippen LogP contribution < -0.4 is 10.6 Å². The highest BCUT2D eigenvalue weighted by molar-refractivity contribution is 7.13. The Labute approximate surface area is 143 Å². The van der Waals surface area contributed by atoms with Crippen molar-refractivity contribution in [3.8, 4) is 0 Å². The molecule has 2 aromatic rings. The number of carbonyl (C=O) groups is 3. The van der Waals surface area contributed by atoms with Gasteiger partial charge in [-0.1, -0.05) is 6.07 Å². The zero-order valence-electron chi connectivity index (χ0n) is 13.2. The fourth-order valence-corrected chi connectivity index (χ4v) is 3.37. The number of benzene rings is 1. The monoisotopic (exact) mass is 346 g/mol. The van der Waals surface area contributed by atoms with Crippen molar-refractivity contribution >= 4 is 39.3 Å². The predicted molar refractivity (Wildman–Crippen MR) is 90.8 cm³/mol. The van der Waals surface area contributed by atoms with Gasteiger partial charge in [-0.05, 0) is 30.1 Å². The highest BCUT2D eigenvalue weighted by Gasteiger charge is 2.29. The van der Waals surface area contributed by atoms with Crippen LogP contribution in [-0.4, -0.2) is 53.2 Å². The summed E-state index contributed by atoms with van der Waals surface area (Å²) in [5.74, 6) is -0.400. The first-order valence-corrected chi connectivity index (χ1v) is 8.49. The van der Waals surface area contributed by atoms with E-state index in [-0.39, 0.29) is 17.7 Å². The molecule has 1 aliphatic rings. The number of nitrogens with zero attached hydrogens (tertiary/aromatic N) is 2. The lowest BCUT2D eigenvalue weighted by Gasteiger charge is -2.21. The number of hydrogen-bond acceptors (Lipinski definition) is 5. The van der Waals surface area contributed by atoms with Gasteiger partial charge in [-0.25, -0.2) is 0 Å². The zero-order chi connectivity index (χ0) is 17.1. The molecule has 0 unspecified atom stereocenters. The summed E-state index contributed by atoms with van der Waals surface area (Å²) in [5.41, 5.74) is 0.582. The standard InChI is InChI=1S/C16H18N4O3S/c1-20(16(23)12-5-6-14(21)19-12)8-7-17-15(22)10-3-2-4-13-11(10)9-18-24-13/h2-4,9,12H,5-8H2,1H3,(H,17,22)(H,19,21)/t12-/m0/s1. The Kier molecular flexibility index (Phi) is 4.75. The Hall–Kier alpha value is -2.48. The largest absolute Gasteiger partial charge is 0.350 e. The van der Waals surface area contributed by atoms with Gasteiger partial charge in [-0.15, -0.1) is 0 Å². The van der Waals surface area contributed by atoms with Crippen molar-refractivity contribution in [2.75, 3.05) is 20.1 Å². The van der Waals surface area contributed by atoms with Gasteiger partial charge >= 0.3 is 0 Å². The van der Waals surface area contributed by atoms with E-state index >= 15 is 0 Å². The van der Waals surface area contributed by atoms with Crippen LogP contribution in [0.15, 0.2) is 24.4 Å². The minimum atomic E-state index is -0.441. The summed E-state index contributed by atoms with van der Waals surface area (Å²) in [6.45, 7) is 0.727. The second-order valence-electron chi connectivity index (χ2n) is 5.72. The maximum absolute atomic E-state index is 12.3. The normalized spacial score (nSPS) is 16.9. The quantitative estimate of drug-likeness (QED) is 0.836. The molecule has 1 aliphatic heterocycles. The number of aromatic nitrogens is 1. The molecule has 2 heterocycles. The van der Waals surface area contributed by atoms with Gasteiger partial charge in [0.1, 0.15) is 6.04 Å². The maximum Gasteiger partial charge on any atom is 0.252 e. The van der Waals surface area contributed by atoms with Crippen molar-refractivity contribution in [3.63, 3.8) is 0 Å². The van der Waals surface area contributed by atoms with Gasteiger partial charge in [-0.3, -0.25) is 14.4 Å². The van der Waals surface area contributed by atoms with E-state index in [0.29, 0.717) is 31.5 Å². The van der Waals surface area contributed by atoms with Crippen molar-refractivity contribution < 1.29 is 14.4 Å². The molecular formula is C16H18N4O3S. The number of amides is 3. The average Bonchev–Trinajstić information content (AvgIpc) is 3.22. The lowest BCUT2D eigenvalue weighted by Crippen LogP contribution is -2.45.